The highest BCUT2D eigenvalue weighted by Gasteiger charge is 2.21. The van der Waals surface area contributed by atoms with Crippen LogP contribution in [-0.2, 0) is 9.53 Å². The van der Waals surface area contributed by atoms with Gasteiger partial charge in [0.2, 0.25) is 5.91 Å². The van der Waals surface area contributed by atoms with Crippen molar-refractivity contribution >= 4 is 11.9 Å². The summed E-state index contributed by atoms with van der Waals surface area (Å²) >= 11 is 0. The SMILES string of the molecule is CCCC(Oc1cccc(C(N)=O)c1)C(=O)OCC. The first-order valence-electron chi connectivity index (χ1n) is 6.31. The molecule has 0 spiro atoms. The van der Waals surface area contributed by atoms with E-state index in [1.807, 2.05) is 6.92 Å². The van der Waals surface area contributed by atoms with Gasteiger partial charge in [-0.25, -0.2) is 4.79 Å². The Balaban J connectivity index is 2.81. The molecule has 1 rings (SSSR count). The smallest absolute Gasteiger partial charge is 0.347 e. The van der Waals surface area contributed by atoms with E-state index in [4.69, 9.17) is 15.2 Å². The van der Waals surface area contributed by atoms with E-state index < -0.39 is 18.0 Å². The number of rotatable bonds is 7. The number of nitrogens with two attached hydrogens (primary N) is 1. The Kier molecular flexibility index (Phi) is 5.85. The van der Waals surface area contributed by atoms with Crippen LogP contribution in [-0.4, -0.2) is 24.6 Å². The number of carbonyl (C=O) groups excluding carboxylic acids is 2. The van der Waals surface area contributed by atoms with Crippen molar-refractivity contribution in [1.82, 2.24) is 0 Å². The van der Waals surface area contributed by atoms with Crippen molar-refractivity contribution in [3.8, 4) is 5.75 Å². The summed E-state index contributed by atoms with van der Waals surface area (Å²) in [7, 11) is 0. The molecule has 0 aliphatic rings. The first-order chi connectivity index (χ1) is 9.08. The van der Waals surface area contributed by atoms with Gasteiger partial charge in [0.05, 0.1) is 6.61 Å². The number of hydrogen-bond donors (Lipinski definition) is 1. The fraction of sp³-hybridized carbons (Fsp3) is 0.429. The molecule has 2 N–H and O–H groups in total. The van der Waals surface area contributed by atoms with Crippen molar-refractivity contribution in [3.63, 3.8) is 0 Å². The van der Waals surface area contributed by atoms with Crippen LogP contribution in [0.15, 0.2) is 24.3 Å². The number of primary amides is 1. The molecule has 1 unspecified atom stereocenters. The van der Waals surface area contributed by atoms with E-state index in [9.17, 15) is 9.59 Å². The van der Waals surface area contributed by atoms with Crippen molar-refractivity contribution < 1.29 is 19.1 Å². The second kappa shape index (κ2) is 7.41. The van der Waals surface area contributed by atoms with E-state index in [2.05, 4.69) is 0 Å². The van der Waals surface area contributed by atoms with Gasteiger partial charge in [0.15, 0.2) is 6.10 Å². The molecular formula is C14H19NO4. The molecule has 1 aromatic carbocycles. The van der Waals surface area contributed by atoms with Gasteiger partial charge in [0, 0.05) is 5.56 Å². The number of ether oxygens (including phenoxy) is 2. The minimum absolute atomic E-state index is 0.309. The first-order valence-corrected chi connectivity index (χ1v) is 6.31. The Morgan fingerprint density at radius 2 is 2.05 bits per heavy atom. The van der Waals surface area contributed by atoms with Crippen LogP contribution in [0.1, 0.15) is 37.0 Å². The molecule has 0 saturated carbocycles. The zero-order valence-electron chi connectivity index (χ0n) is 11.2. The van der Waals surface area contributed by atoms with Crippen LogP contribution in [0, 0.1) is 0 Å². The maximum absolute atomic E-state index is 11.7. The Morgan fingerprint density at radius 3 is 2.63 bits per heavy atom. The molecule has 0 heterocycles. The predicted octanol–water partition coefficient (Wildman–Crippen LogP) is 1.90. The molecule has 0 radical (unpaired) electrons. The summed E-state index contributed by atoms with van der Waals surface area (Å²) in [6, 6.07) is 6.44. The maximum atomic E-state index is 11.7. The number of esters is 1. The van der Waals surface area contributed by atoms with Crippen LogP contribution in [0.3, 0.4) is 0 Å². The maximum Gasteiger partial charge on any atom is 0.347 e. The number of benzene rings is 1. The number of carbonyl (C=O) groups is 2. The summed E-state index contributed by atoms with van der Waals surface area (Å²) in [4.78, 5) is 22.8. The summed E-state index contributed by atoms with van der Waals surface area (Å²) in [5.74, 6) is -0.495. The number of hydrogen-bond acceptors (Lipinski definition) is 4. The van der Waals surface area contributed by atoms with Gasteiger partial charge in [-0.15, -0.1) is 0 Å². The summed E-state index contributed by atoms with van der Waals surface area (Å²) in [5, 5.41) is 0. The van der Waals surface area contributed by atoms with Crippen LogP contribution in [0.5, 0.6) is 5.75 Å². The third-order valence-corrected chi connectivity index (χ3v) is 2.50. The van der Waals surface area contributed by atoms with Crippen molar-refractivity contribution in [1.29, 1.82) is 0 Å². The quantitative estimate of drug-likeness (QED) is 0.764. The molecule has 104 valence electrons. The Labute approximate surface area is 112 Å². The minimum Gasteiger partial charge on any atom is -0.479 e. The summed E-state index contributed by atoms with van der Waals surface area (Å²) in [6.07, 6.45) is 0.687. The molecule has 0 aliphatic carbocycles. The summed E-state index contributed by atoms with van der Waals surface area (Å²) in [5.41, 5.74) is 5.54. The molecule has 0 aromatic heterocycles. The third-order valence-electron chi connectivity index (χ3n) is 2.50. The predicted molar refractivity (Wildman–Crippen MR) is 70.9 cm³/mol. The lowest BCUT2D eigenvalue weighted by molar-refractivity contribution is -0.151. The molecule has 0 bridgehead atoms. The van der Waals surface area contributed by atoms with Crippen LogP contribution in [0.2, 0.25) is 0 Å². The van der Waals surface area contributed by atoms with Gasteiger partial charge >= 0.3 is 5.97 Å². The summed E-state index contributed by atoms with van der Waals surface area (Å²) < 4.78 is 10.5. The fourth-order valence-electron chi connectivity index (χ4n) is 1.61. The van der Waals surface area contributed by atoms with Crippen molar-refractivity contribution in [3.05, 3.63) is 29.8 Å². The lowest BCUT2D eigenvalue weighted by Crippen LogP contribution is -2.29. The molecule has 1 amide bonds. The van der Waals surface area contributed by atoms with E-state index >= 15 is 0 Å². The highest BCUT2D eigenvalue weighted by molar-refractivity contribution is 5.93. The van der Waals surface area contributed by atoms with E-state index in [-0.39, 0.29) is 0 Å². The van der Waals surface area contributed by atoms with Crippen LogP contribution >= 0.6 is 0 Å². The first kappa shape index (κ1) is 15.0. The summed E-state index contributed by atoms with van der Waals surface area (Å²) in [6.45, 7) is 4.01. The van der Waals surface area contributed by atoms with Crippen molar-refractivity contribution in [2.24, 2.45) is 5.73 Å². The average Bonchev–Trinajstić information content (AvgIpc) is 2.39. The van der Waals surface area contributed by atoms with Gasteiger partial charge in [0.25, 0.3) is 0 Å². The van der Waals surface area contributed by atoms with Gasteiger partial charge in [0.1, 0.15) is 5.75 Å². The van der Waals surface area contributed by atoms with E-state index in [1.54, 1.807) is 25.1 Å². The Morgan fingerprint density at radius 1 is 1.32 bits per heavy atom. The highest BCUT2D eigenvalue weighted by Crippen LogP contribution is 2.17. The van der Waals surface area contributed by atoms with E-state index in [0.29, 0.717) is 24.3 Å². The van der Waals surface area contributed by atoms with Gasteiger partial charge in [-0.3, -0.25) is 4.79 Å². The van der Waals surface area contributed by atoms with Gasteiger partial charge in [-0.05, 0) is 31.5 Å². The lowest BCUT2D eigenvalue weighted by Gasteiger charge is -2.17. The second-order valence-electron chi connectivity index (χ2n) is 4.04. The second-order valence-corrected chi connectivity index (χ2v) is 4.04. The number of amides is 1. The molecule has 0 fully saturated rings. The van der Waals surface area contributed by atoms with Gasteiger partial charge in [-0.1, -0.05) is 19.4 Å². The zero-order chi connectivity index (χ0) is 14.3. The van der Waals surface area contributed by atoms with Crippen LogP contribution in [0.25, 0.3) is 0 Å². The highest BCUT2D eigenvalue weighted by atomic mass is 16.6. The normalized spacial score (nSPS) is 11.7. The zero-order valence-corrected chi connectivity index (χ0v) is 11.2. The van der Waals surface area contributed by atoms with Gasteiger partial charge in [-0.2, -0.15) is 0 Å². The molecule has 1 aromatic rings. The lowest BCUT2D eigenvalue weighted by atomic mass is 10.2. The van der Waals surface area contributed by atoms with Crippen LogP contribution < -0.4 is 10.5 Å². The standard InChI is InChI=1S/C14H19NO4/c1-3-6-12(14(17)18-4-2)19-11-8-5-7-10(9-11)13(15)16/h5,7-9,12H,3-4,6H2,1-2H3,(H2,15,16). The van der Waals surface area contributed by atoms with Crippen LogP contribution in [0.4, 0.5) is 0 Å². The third kappa shape index (κ3) is 4.62. The van der Waals surface area contributed by atoms with Gasteiger partial charge < -0.3 is 15.2 Å². The van der Waals surface area contributed by atoms with E-state index in [1.165, 1.54) is 6.07 Å². The monoisotopic (exact) mass is 265 g/mol. The fourth-order valence-corrected chi connectivity index (χ4v) is 1.61. The Bertz CT molecular complexity index is 445. The Hall–Kier alpha value is -2.04. The molecule has 0 saturated heterocycles. The molecule has 5 heteroatoms. The van der Waals surface area contributed by atoms with Crippen molar-refractivity contribution in [2.45, 2.75) is 32.8 Å². The topological polar surface area (TPSA) is 78.6 Å². The molecule has 1 atom stereocenters. The molecule has 0 aliphatic heterocycles. The minimum atomic E-state index is -0.659. The largest absolute Gasteiger partial charge is 0.479 e. The molecule has 5 nitrogen and oxygen atoms in total. The molecule has 19 heavy (non-hydrogen) atoms. The van der Waals surface area contributed by atoms with Crippen molar-refractivity contribution in [2.75, 3.05) is 6.61 Å². The van der Waals surface area contributed by atoms with E-state index in [0.717, 1.165) is 6.42 Å². The average molecular weight is 265 g/mol. The molecular weight excluding hydrogens is 246 g/mol.